The second kappa shape index (κ2) is 13.2. The van der Waals surface area contributed by atoms with Gasteiger partial charge < -0.3 is 24.2 Å². The number of fused-ring (bicyclic) bond motifs is 1. The minimum atomic E-state index is -0.369. The van der Waals surface area contributed by atoms with Crippen LogP contribution in [0.2, 0.25) is 0 Å². The van der Waals surface area contributed by atoms with Crippen molar-refractivity contribution < 1.29 is 23.5 Å². The summed E-state index contributed by atoms with van der Waals surface area (Å²) in [5, 5.41) is 0. The maximum atomic E-state index is 14.3. The van der Waals surface area contributed by atoms with Crippen LogP contribution >= 0.6 is 0 Å². The number of halogens is 1. The Labute approximate surface area is 203 Å². The van der Waals surface area contributed by atoms with E-state index in [1.54, 1.807) is 11.0 Å². The van der Waals surface area contributed by atoms with Gasteiger partial charge in [0, 0.05) is 58.1 Å². The maximum Gasteiger partial charge on any atom is 0.252 e. The monoisotopic (exact) mass is 477 g/mol. The number of anilines is 1. The zero-order chi connectivity index (χ0) is 24.5. The molecule has 0 radical (unpaired) electrons. The SMILES string of the molecule is COCC(=O)N1CCCN(CC(C)C)CCCN(C(=O)C2CCOCC2)Cc2cc(F)ccc21. The van der Waals surface area contributed by atoms with Crippen LogP contribution in [0.5, 0.6) is 0 Å². The van der Waals surface area contributed by atoms with Crippen molar-refractivity contribution in [2.75, 3.05) is 64.6 Å². The molecule has 0 bridgehead atoms. The molecule has 0 aromatic heterocycles. The highest BCUT2D eigenvalue weighted by molar-refractivity contribution is 5.95. The lowest BCUT2D eigenvalue weighted by Gasteiger charge is -2.34. The Morgan fingerprint density at radius 1 is 1.12 bits per heavy atom. The molecular weight excluding hydrogens is 437 g/mol. The molecule has 0 atom stereocenters. The fourth-order valence-corrected chi connectivity index (χ4v) is 4.95. The standard InChI is InChI=1S/C26H40FN3O4/c1-20(2)17-28-10-4-12-29(26(32)21-8-14-34-15-9-21)18-22-16-23(27)6-7-24(22)30(13-5-11-28)25(31)19-33-3/h6-7,16,20-21H,4-5,8-15,17-19H2,1-3H3. The maximum absolute atomic E-state index is 14.3. The van der Waals surface area contributed by atoms with Gasteiger partial charge in [0.15, 0.2) is 0 Å². The van der Waals surface area contributed by atoms with E-state index in [4.69, 9.17) is 9.47 Å². The van der Waals surface area contributed by atoms with Crippen LogP contribution < -0.4 is 4.90 Å². The van der Waals surface area contributed by atoms with Crippen molar-refractivity contribution in [3.8, 4) is 0 Å². The van der Waals surface area contributed by atoms with Crippen LogP contribution in [0.4, 0.5) is 10.1 Å². The van der Waals surface area contributed by atoms with E-state index in [1.165, 1.54) is 19.2 Å². The molecule has 7 nitrogen and oxygen atoms in total. The lowest BCUT2D eigenvalue weighted by atomic mass is 9.98. The van der Waals surface area contributed by atoms with Crippen LogP contribution in [-0.2, 0) is 25.6 Å². The summed E-state index contributed by atoms with van der Waals surface area (Å²) in [6.07, 6.45) is 3.09. The van der Waals surface area contributed by atoms with Crippen molar-refractivity contribution in [2.45, 2.75) is 46.1 Å². The number of carbonyl (C=O) groups is 2. The second-order valence-corrected chi connectivity index (χ2v) is 9.80. The summed E-state index contributed by atoms with van der Waals surface area (Å²) < 4.78 is 24.9. The molecular formula is C26H40FN3O4. The summed E-state index contributed by atoms with van der Waals surface area (Å²) in [7, 11) is 1.50. The minimum absolute atomic E-state index is 0.0444. The van der Waals surface area contributed by atoms with Gasteiger partial charge >= 0.3 is 0 Å². The average Bonchev–Trinajstić information content (AvgIpc) is 2.80. The number of hydrogen-bond acceptors (Lipinski definition) is 5. The molecule has 1 aromatic carbocycles. The Hall–Kier alpha value is -2.03. The Bertz CT molecular complexity index is 813. The number of rotatable bonds is 5. The molecule has 2 aliphatic rings. The van der Waals surface area contributed by atoms with Gasteiger partial charge in [-0.2, -0.15) is 0 Å². The molecule has 0 saturated carbocycles. The van der Waals surface area contributed by atoms with E-state index in [2.05, 4.69) is 18.7 Å². The molecule has 3 rings (SSSR count). The first kappa shape index (κ1) is 26.6. The van der Waals surface area contributed by atoms with Crippen LogP contribution in [0, 0.1) is 17.7 Å². The molecule has 0 spiro atoms. The smallest absolute Gasteiger partial charge is 0.252 e. The van der Waals surface area contributed by atoms with Gasteiger partial charge in [0.2, 0.25) is 5.91 Å². The first-order valence-corrected chi connectivity index (χ1v) is 12.6. The molecule has 1 fully saturated rings. The topological polar surface area (TPSA) is 62.3 Å². The predicted octanol–water partition coefficient (Wildman–Crippen LogP) is 3.31. The van der Waals surface area contributed by atoms with Gasteiger partial charge in [-0.1, -0.05) is 13.8 Å². The number of hydrogen-bond donors (Lipinski definition) is 0. The molecule has 1 aromatic rings. The van der Waals surface area contributed by atoms with E-state index >= 15 is 0 Å². The molecule has 2 amide bonds. The Kier molecular flexibility index (Phi) is 10.3. The average molecular weight is 478 g/mol. The van der Waals surface area contributed by atoms with Gasteiger partial charge in [-0.25, -0.2) is 4.39 Å². The number of ether oxygens (including phenoxy) is 2. The summed E-state index contributed by atoms with van der Waals surface area (Å²) in [5.41, 5.74) is 1.31. The zero-order valence-electron chi connectivity index (χ0n) is 20.9. The number of nitrogens with zero attached hydrogens (tertiary/aromatic N) is 3. The Balaban J connectivity index is 1.93. The largest absolute Gasteiger partial charge is 0.381 e. The molecule has 34 heavy (non-hydrogen) atoms. The first-order chi connectivity index (χ1) is 16.4. The third kappa shape index (κ3) is 7.48. The molecule has 0 aliphatic carbocycles. The summed E-state index contributed by atoms with van der Waals surface area (Å²) >= 11 is 0. The van der Waals surface area contributed by atoms with Crippen molar-refractivity contribution in [1.82, 2.24) is 9.80 Å². The Morgan fingerprint density at radius 2 is 1.82 bits per heavy atom. The zero-order valence-corrected chi connectivity index (χ0v) is 20.9. The number of benzene rings is 1. The van der Waals surface area contributed by atoms with Gasteiger partial charge in [0.25, 0.3) is 5.91 Å². The van der Waals surface area contributed by atoms with Gasteiger partial charge in [-0.3, -0.25) is 9.59 Å². The second-order valence-electron chi connectivity index (χ2n) is 9.80. The Morgan fingerprint density at radius 3 is 2.50 bits per heavy atom. The van der Waals surface area contributed by atoms with E-state index < -0.39 is 0 Å². The van der Waals surface area contributed by atoms with Crippen LogP contribution in [0.25, 0.3) is 0 Å². The summed E-state index contributed by atoms with van der Waals surface area (Å²) in [5.74, 6) is 0.0249. The highest BCUT2D eigenvalue weighted by Gasteiger charge is 2.28. The van der Waals surface area contributed by atoms with Crippen molar-refractivity contribution in [2.24, 2.45) is 11.8 Å². The third-order valence-electron chi connectivity index (χ3n) is 6.53. The predicted molar refractivity (Wildman–Crippen MR) is 130 cm³/mol. The highest BCUT2D eigenvalue weighted by Crippen LogP contribution is 2.27. The molecule has 2 aliphatic heterocycles. The molecule has 0 N–H and O–H groups in total. The van der Waals surface area contributed by atoms with E-state index in [1.807, 2.05) is 4.90 Å². The van der Waals surface area contributed by atoms with Crippen LogP contribution in [0.1, 0.15) is 45.1 Å². The van der Waals surface area contributed by atoms with E-state index in [0.717, 1.165) is 32.5 Å². The van der Waals surface area contributed by atoms with Crippen LogP contribution in [0.15, 0.2) is 18.2 Å². The highest BCUT2D eigenvalue weighted by atomic mass is 19.1. The molecule has 8 heteroatoms. The number of carbonyl (C=O) groups excluding carboxylic acids is 2. The van der Waals surface area contributed by atoms with Gasteiger partial charge in [0.1, 0.15) is 12.4 Å². The lowest BCUT2D eigenvalue weighted by Crippen LogP contribution is -2.42. The summed E-state index contributed by atoms with van der Waals surface area (Å²) in [6, 6.07) is 4.50. The van der Waals surface area contributed by atoms with Crippen LogP contribution in [-0.4, -0.2) is 81.3 Å². The van der Waals surface area contributed by atoms with E-state index in [9.17, 15) is 14.0 Å². The van der Waals surface area contributed by atoms with Crippen molar-refractivity contribution in [3.63, 3.8) is 0 Å². The van der Waals surface area contributed by atoms with Crippen molar-refractivity contribution in [1.29, 1.82) is 0 Å². The quantitative estimate of drug-likeness (QED) is 0.651. The molecule has 1 saturated heterocycles. The summed E-state index contributed by atoms with van der Waals surface area (Å²) in [4.78, 5) is 32.5. The molecule has 2 heterocycles. The molecule has 190 valence electrons. The lowest BCUT2D eigenvalue weighted by molar-refractivity contribution is -0.139. The fourth-order valence-electron chi connectivity index (χ4n) is 4.95. The van der Waals surface area contributed by atoms with Crippen LogP contribution in [0.3, 0.4) is 0 Å². The third-order valence-corrected chi connectivity index (χ3v) is 6.53. The number of amides is 2. The van der Waals surface area contributed by atoms with E-state index in [0.29, 0.717) is 56.3 Å². The minimum Gasteiger partial charge on any atom is -0.381 e. The fraction of sp³-hybridized carbons (Fsp3) is 0.692. The normalized spacial score (nSPS) is 19.4. The van der Waals surface area contributed by atoms with Gasteiger partial charge in [-0.05, 0) is 68.5 Å². The number of methoxy groups -OCH3 is 1. The summed E-state index contributed by atoms with van der Waals surface area (Å²) in [6.45, 7) is 9.68. The van der Waals surface area contributed by atoms with Crippen molar-refractivity contribution in [3.05, 3.63) is 29.6 Å². The molecule has 0 unspecified atom stereocenters. The van der Waals surface area contributed by atoms with Crippen molar-refractivity contribution >= 4 is 17.5 Å². The first-order valence-electron chi connectivity index (χ1n) is 12.6. The van der Waals surface area contributed by atoms with Gasteiger partial charge in [0.05, 0.1) is 0 Å². The van der Waals surface area contributed by atoms with E-state index in [-0.39, 0.29) is 36.7 Å². The van der Waals surface area contributed by atoms with Gasteiger partial charge in [-0.15, -0.1) is 0 Å².